The first-order valence-electron chi connectivity index (χ1n) is 6.34. The Kier molecular flexibility index (Phi) is 3.19. The average molecular weight is 322 g/mol. The van der Waals surface area contributed by atoms with Crippen molar-refractivity contribution >= 4 is 32.8 Å². The number of anilines is 1. The van der Waals surface area contributed by atoms with Crippen molar-refractivity contribution in [2.24, 2.45) is 0 Å². The summed E-state index contributed by atoms with van der Waals surface area (Å²) in [6.07, 6.45) is 1.88. The summed E-state index contributed by atoms with van der Waals surface area (Å²) in [6.45, 7) is 6.57. The van der Waals surface area contributed by atoms with Gasteiger partial charge in [-0.3, -0.25) is 0 Å². The second kappa shape index (κ2) is 4.72. The maximum atomic E-state index is 5.54. The summed E-state index contributed by atoms with van der Waals surface area (Å²) in [7, 11) is 0. The van der Waals surface area contributed by atoms with Crippen molar-refractivity contribution in [2.75, 3.05) is 24.7 Å². The highest BCUT2D eigenvalue weighted by molar-refractivity contribution is 9.10. The maximum absolute atomic E-state index is 5.54. The molecule has 0 amide bonds. The molecule has 0 aliphatic carbocycles. The van der Waals surface area contributed by atoms with E-state index >= 15 is 0 Å². The van der Waals surface area contributed by atoms with Crippen LogP contribution in [0.15, 0.2) is 28.9 Å². The van der Waals surface area contributed by atoms with Crippen LogP contribution in [0.2, 0.25) is 0 Å². The molecule has 0 N–H and O–H groups in total. The lowest BCUT2D eigenvalue weighted by Gasteiger charge is -2.42. The van der Waals surface area contributed by atoms with E-state index in [4.69, 9.17) is 4.74 Å². The zero-order valence-corrected chi connectivity index (χ0v) is 12.6. The number of hydrogen-bond acceptors (Lipinski definition) is 4. The molecule has 1 aliphatic heterocycles. The zero-order valence-electron chi connectivity index (χ0n) is 11.1. The molecule has 0 saturated carbocycles. The highest BCUT2D eigenvalue weighted by Gasteiger charge is 2.32. The first kappa shape index (κ1) is 12.8. The predicted octanol–water partition coefficient (Wildman–Crippen LogP) is 3.01. The minimum Gasteiger partial charge on any atom is -0.377 e. The summed E-state index contributed by atoms with van der Waals surface area (Å²) in [6, 6.07) is 6.05. The van der Waals surface area contributed by atoms with Gasteiger partial charge in [-0.1, -0.05) is 15.9 Å². The number of nitrogens with zero attached hydrogens (tertiary/aromatic N) is 3. The third kappa shape index (κ3) is 2.44. The Labute approximate surface area is 120 Å². The summed E-state index contributed by atoms with van der Waals surface area (Å²) in [5.74, 6) is 0.781. The van der Waals surface area contributed by atoms with Gasteiger partial charge in [0.05, 0.1) is 24.3 Å². The second-order valence-electron chi connectivity index (χ2n) is 5.39. The molecular formula is C14H16BrN3O. The van der Waals surface area contributed by atoms with Crippen LogP contribution in [-0.4, -0.2) is 35.3 Å². The third-order valence-corrected chi connectivity index (χ3v) is 3.91. The van der Waals surface area contributed by atoms with Crippen molar-refractivity contribution in [1.29, 1.82) is 0 Å². The van der Waals surface area contributed by atoms with Crippen LogP contribution in [0.25, 0.3) is 10.9 Å². The molecular weight excluding hydrogens is 306 g/mol. The van der Waals surface area contributed by atoms with Crippen LogP contribution in [0.5, 0.6) is 0 Å². The Balaban J connectivity index is 2.03. The number of halogens is 1. The normalized spacial score (nSPS) is 18.8. The Bertz CT molecular complexity index is 615. The van der Waals surface area contributed by atoms with E-state index in [1.54, 1.807) is 0 Å². The van der Waals surface area contributed by atoms with Gasteiger partial charge < -0.3 is 9.64 Å². The Morgan fingerprint density at radius 3 is 3.00 bits per heavy atom. The second-order valence-corrected chi connectivity index (χ2v) is 6.31. The van der Waals surface area contributed by atoms with E-state index in [1.165, 1.54) is 0 Å². The summed E-state index contributed by atoms with van der Waals surface area (Å²) in [4.78, 5) is 11.4. The van der Waals surface area contributed by atoms with Crippen LogP contribution in [-0.2, 0) is 4.74 Å². The molecule has 100 valence electrons. The van der Waals surface area contributed by atoms with Gasteiger partial charge in [0, 0.05) is 22.6 Å². The predicted molar refractivity (Wildman–Crippen MR) is 79.5 cm³/mol. The lowest BCUT2D eigenvalue weighted by Crippen LogP contribution is -2.53. The number of fused-ring (bicyclic) bond motifs is 1. The molecule has 2 aromatic rings. The summed E-state index contributed by atoms with van der Waals surface area (Å²) in [5.41, 5.74) is 0.900. The molecule has 0 atom stereocenters. The molecule has 1 aromatic carbocycles. The molecule has 1 saturated heterocycles. The molecule has 0 bridgehead atoms. The SMILES string of the molecule is CC1(C)COCCN1c1ncc2cc(Br)ccc2n1. The van der Waals surface area contributed by atoms with E-state index in [-0.39, 0.29) is 5.54 Å². The van der Waals surface area contributed by atoms with Crippen LogP contribution in [0, 0.1) is 0 Å². The van der Waals surface area contributed by atoms with Gasteiger partial charge in [0.25, 0.3) is 0 Å². The van der Waals surface area contributed by atoms with Gasteiger partial charge in [-0.25, -0.2) is 9.97 Å². The summed E-state index contributed by atoms with van der Waals surface area (Å²) >= 11 is 3.46. The monoisotopic (exact) mass is 321 g/mol. The van der Waals surface area contributed by atoms with Gasteiger partial charge in [0.1, 0.15) is 0 Å². The van der Waals surface area contributed by atoms with Crippen molar-refractivity contribution < 1.29 is 4.74 Å². The number of morpholine rings is 1. The van der Waals surface area contributed by atoms with E-state index in [0.717, 1.165) is 34.5 Å². The average Bonchev–Trinajstić information content (AvgIpc) is 2.38. The van der Waals surface area contributed by atoms with Crippen molar-refractivity contribution in [3.05, 3.63) is 28.9 Å². The quantitative estimate of drug-likeness (QED) is 0.809. The zero-order chi connectivity index (χ0) is 13.5. The van der Waals surface area contributed by atoms with Crippen molar-refractivity contribution in [1.82, 2.24) is 9.97 Å². The lowest BCUT2D eigenvalue weighted by atomic mass is 10.0. The molecule has 1 aromatic heterocycles. The number of rotatable bonds is 1. The molecule has 19 heavy (non-hydrogen) atoms. The molecule has 0 radical (unpaired) electrons. The molecule has 0 unspecified atom stereocenters. The van der Waals surface area contributed by atoms with Crippen molar-refractivity contribution in [3.63, 3.8) is 0 Å². The van der Waals surface area contributed by atoms with Crippen LogP contribution in [0.3, 0.4) is 0 Å². The lowest BCUT2D eigenvalue weighted by molar-refractivity contribution is 0.0634. The van der Waals surface area contributed by atoms with E-state index in [2.05, 4.69) is 44.6 Å². The van der Waals surface area contributed by atoms with Crippen LogP contribution >= 0.6 is 15.9 Å². The Morgan fingerprint density at radius 1 is 1.37 bits per heavy atom. The highest BCUT2D eigenvalue weighted by Crippen LogP contribution is 2.26. The molecule has 5 heteroatoms. The van der Waals surface area contributed by atoms with Gasteiger partial charge >= 0.3 is 0 Å². The molecule has 2 heterocycles. The first-order chi connectivity index (χ1) is 9.06. The van der Waals surface area contributed by atoms with Gasteiger partial charge in [-0.2, -0.15) is 0 Å². The molecule has 3 rings (SSSR count). The van der Waals surface area contributed by atoms with Crippen molar-refractivity contribution in [3.8, 4) is 0 Å². The first-order valence-corrected chi connectivity index (χ1v) is 7.13. The van der Waals surface area contributed by atoms with Gasteiger partial charge in [-0.05, 0) is 32.0 Å². The summed E-state index contributed by atoms with van der Waals surface area (Å²) in [5, 5.41) is 1.05. The standard InChI is InChI=1S/C14H16BrN3O/c1-14(2)9-19-6-5-18(14)13-16-8-10-7-11(15)3-4-12(10)17-13/h3-4,7-8H,5-6,9H2,1-2H3. The molecule has 0 spiro atoms. The number of benzene rings is 1. The van der Waals surface area contributed by atoms with Gasteiger partial charge in [0.15, 0.2) is 0 Å². The molecule has 1 fully saturated rings. The van der Waals surface area contributed by atoms with Crippen LogP contribution in [0.4, 0.5) is 5.95 Å². The third-order valence-electron chi connectivity index (χ3n) is 3.42. The number of hydrogen-bond donors (Lipinski definition) is 0. The molecule has 1 aliphatic rings. The smallest absolute Gasteiger partial charge is 0.226 e. The van der Waals surface area contributed by atoms with E-state index in [0.29, 0.717) is 6.61 Å². The van der Waals surface area contributed by atoms with Crippen LogP contribution < -0.4 is 4.90 Å². The topological polar surface area (TPSA) is 38.2 Å². The highest BCUT2D eigenvalue weighted by atomic mass is 79.9. The maximum Gasteiger partial charge on any atom is 0.226 e. The van der Waals surface area contributed by atoms with E-state index in [1.807, 2.05) is 24.4 Å². The Morgan fingerprint density at radius 2 is 2.21 bits per heavy atom. The number of ether oxygens (including phenoxy) is 1. The Hall–Kier alpha value is -1.20. The van der Waals surface area contributed by atoms with Crippen molar-refractivity contribution in [2.45, 2.75) is 19.4 Å². The fraction of sp³-hybridized carbons (Fsp3) is 0.429. The van der Waals surface area contributed by atoms with E-state index in [9.17, 15) is 0 Å². The van der Waals surface area contributed by atoms with Gasteiger partial charge in [0.2, 0.25) is 5.95 Å². The fourth-order valence-corrected chi connectivity index (χ4v) is 2.73. The minimum atomic E-state index is -0.0682. The fourth-order valence-electron chi connectivity index (χ4n) is 2.35. The van der Waals surface area contributed by atoms with Crippen LogP contribution in [0.1, 0.15) is 13.8 Å². The summed E-state index contributed by atoms with van der Waals surface area (Å²) < 4.78 is 6.58. The largest absolute Gasteiger partial charge is 0.377 e. The van der Waals surface area contributed by atoms with E-state index < -0.39 is 0 Å². The minimum absolute atomic E-state index is 0.0682. The molecule has 4 nitrogen and oxygen atoms in total. The number of aromatic nitrogens is 2. The van der Waals surface area contributed by atoms with Gasteiger partial charge in [-0.15, -0.1) is 0 Å².